The molecule has 1 aromatic heterocycles. The Labute approximate surface area is 130 Å². The van der Waals surface area contributed by atoms with E-state index in [2.05, 4.69) is 18.9 Å². The Morgan fingerprint density at radius 1 is 1.32 bits per heavy atom. The van der Waals surface area contributed by atoms with Crippen LogP contribution in [0, 0.1) is 5.92 Å². The molecule has 0 atom stereocenters. The van der Waals surface area contributed by atoms with Crippen molar-refractivity contribution in [2.75, 3.05) is 6.61 Å². The minimum Gasteiger partial charge on any atom is -0.493 e. The Morgan fingerprint density at radius 2 is 2.05 bits per heavy atom. The number of nitrogens with zero attached hydrogens (tertiary/aromatic N) is 2. The van der Waals surface area contributed by atoms with Gasteiger partial charge >= 0.3 is 0 Å². The van der Waals surface area contributed by atoms with Crippen LogP contribution in [0.3, 0.4) is 0 Å². The van der Waals surface area contributed by atoms with Crippen molar-refractivity contribution in [2.45, 2.75) is 33.9 Å². The molecule has 1 aromatic carbocycles. The molecule has 5 nitrogen and oxygen atoms in total. The number of para-hydroxylation sites is 1. The number of rotatable bonds is 6. The first-order chi connectivity index (χ1) is 10.6. The summed E-state index contributed by atoms with van der Waals surface area (Å²) in [4.78, 5) is 12.0. The maximum atomic E-state index is 12.0. The second kappa shape index (κ2) is 7.22. The molecule has 0 aliphatic heterocycles. The van der Waals surface area contributed by atoms with E-state index in [1.165, 1.54) is 4.68 Å². The number of hydrogen-bond donors (Lipinski definition) is 1. The van der Waals surface area contributed by atoms with Gasteiger partial charge in [0.05, 0.1) is 18.9 Å². The fourth-order valence-electron chi connectivity index (χ4n) is 2.12. The molecule has 2 rings (SSSR count). The number of aryl methyl sites for hydroxylation is 1. The largest absolute Gasteiger partial charge is 0.493 e. The van der Waals surface area contributed by atoms with Gasteiger partial charge in [0.1, 0.15) is 5.75 Å². The summed E-state index contributed by atoms with van der Waals surface area (Å²) in [7, 11) is 0. The molecular formula is C17H22N2O3. The van der Waals surface area contributed by atoms with Crippen LogP contribution >= 0.6 is 0 Å². The van der Waals surface area contributed by atoms with Crippen LogP contribution in [0.2, 0.25) is 0 Å². The SMILES string of the molecule is CCn1nc(-c2ccccc2OCC(C)C)cc(CO)c1=O. The molecule has 0 aliphatic carbocycles. The summed E-state index contributed by atoms with van der Waals surface area (Å²) in [5, 5.41) is 13.8. The highest BCUT2D eigenvalue weighted by Crippen LogP contribution is 2.28. The zero-order valence-electron chi connectivity index (χ0n) is 13.2. The predicted molar refractivity (Wildman–Crippen MR) is 85.9 cm³/mol. The third-order valence-corrected chi connectivity index (χ3v) is 3.25. The molecule has 0 spiro atoms. The third kappa shape index (κ3) is 3.54. The molecule has 1 N–H and O–H groups in total. The van der Waals surface area contributed by atoms with Crippen LogP contribution in [0.15, 0.2) is 35.1 Å². The number of aliphatic hydroxyl groups excluding tert-OH is 1. The molecule has 0 radical (unpaired) electrons. The van der Waals surface area contributed by atoms with E-state index in [1.54, 1.807) is 6.07 Å². The second-order valence-electron chi connectivity index (χ2n) is 5.53. The molecule has 0 saturated heterocycles. The number of aliphatic hydroxyl groups is 1. The Hall–Kier alpha value is -2.14. The van der Waals surface area contributed by atoms with Gasteiger partial charge in [0.15, 0.2) is 0 Å². The highest BCUT2D eigenvalue weighted by molar-refractivity contribution is 5.67. The van der Waals surface area contributed by atoms with E-state index in [1.807, 2.05) is 31.2 Å². The molecule has 1 heterocycles. The van der Waals surface area contributed by atoms with E-state index < -0.39 is 0 Å². The van der Waals surface area contributed by atoms with Crippen molar-refractivity contribution in [3.8, 4) is 17.0 Å². The molecule has 2 aromatic rings. The summed E-state index contributed by atoms with van der Waals surface area (Å²) in [6.07, 6.45) is 0. The van der Waals surface area contributed by atoms with Crippen molar-refractivity contribution in [2.24, 2.45) is 5.92 Å². The van der Waals surface area contributed by atoms with Gasteiger partial charge in [-0.2, -0.15) is 5.10 Å². The number of benzene rings is 1. The lowest BCUT2D eigenvalue weighted by Crippen LogP contribution is -2.26. The predicted octanol–water partition coefficient (Wildman–Crippen LogP) is 2.46. The van der Waals surface area contributed by atoms with Gasteiger partial charge in [0.2, 0.25) is 0 Å². The highest BCUT2D eigenvalue weighted by Gasteiger charge is 2.12. The number of ether oxygens (including phenoxy) is 1. The fraction of sp³-hybridized carbons (Fsp3) is 0.412. The van der Waals surface area contributed by atoms with Crippen molar-refractivity contribution in [3.63, 3.8) is 0 Å². The summed E-state index contributed by atoms with van der Waals surface area (Å²) in [5.41, 5.74) is 1.53. The van der Waals surface area contributed by atoms with Crippen LogP contribution in [0.5, 0.6) is 5.75 Å². The van der Waals surface area contributed by atoms with Crippen LogP contribution < -0.4 is 10.3 Å². The Kier molecular flexibility index (Phi) is 5.33. The zero-order valence-corrected chi connectivity index (χ0v) is 13.2. The molecule has 22 heavy (non-hydrogen) atoms. The average Bonchev–Trinajstić information content (AvgIpc) is 2.53. The topological polar surface area (TPSA) is 64.3 Å². The van der Waals surface area contributed by atoms with E-state index in [4.69, 9.17) is 4.74 Å². The first-order valence-electron chi connectivity index (χ1n) is 7.50. The Morgan fingerprint density at radius 3 is 2.68 bits per heavy atom. The first kappa shape index (κ1) is 16.2. The molecule has 0 saturated carbocycles. The monoisotopic (exact) mass is 302 g/mol. The zero-order chi connectivity index (χ0) is 16.1. The Bertz CT molecular complexity index is 664. The summed E-state index contributed by atoms with van der Waals surface area (Å²) in [6, 6.07) is 9.23. The van der Waals surface area contributed by atoms with Gasteiger partial charge in [-0.25, -0.2) is 4.68 Å². The number of hydrogen-bond acceptors (Lipinski definition) is 4. The molecular weight excluding hydrogens is 280 g/mol. The maximum Gasteiger partial charge on any atom is 0.272 e. The van der Waals surface area contributed by atoms with Crippen LogP contribution in [-0.4, -0.2) is 21.5 Å². The van der Waals surface area contributed by atoms with E-state index in [0.717, 1.165) is 11.3 Å². The molecule has 0 bridgehead atoms. The summed E-state index contributed by atoms with van der Waals surface area (Å²) in [5.74, 6) is 1.15. The van der Waals surface area contributed by atoms with E-state index in [-0.39, 0.29) is 12.2 Å². The standard InChI is InChI=1S/C17H22N2O3/c1-4-19-17(21)13(10-20)9-15(18-19)14-7-5-6-8-16(14)22-11-12(2)3/h5-9,12,20H,4,10-11H2,1-3H3. The molecule has 0 aliphatic rings. The summed E-state index contributed by atoms with van der Waals surface area (Å²) in [6.45, 7) is 6.78. The minimum absolute atomic E-state index is 0.255. The van der Waals surface area contributed by atoms with Gasteiger partial charge in [0.25, 0.3) is 5.56 Å². The molecule has 0 amide bonds. The highest BCUT2D eigenvalue weighted by atomic mass is 16.5. The quantitative estimate of drug-likeness (QED) is 0.890. The van der Waals surface area contributed by atoms with Crippen LogP contribution in [0.25, 0.3) is 11.3 Å². The average molecular weight is 302 g/mol. The Balaban J connectivity index is 2.50. The smallest absolute Gasteiger partial charge is 0.272 e. The fourth-order valence-corrected chi connectivity index (χ4v) is 2.12. The van der Waals surface area contributed by atoms with Crippen LogP contribution in [0.1, 0.15) is 26.3 Å². The van der Waals surface area contributed by atoms with Crippen molar-refractivity contribution in [1.29, 1.82) is 0 Å². The second-order valence-corrected chi connectivity index (χ2v) is 5.53. The molecule has 0 fully saturated rings. The summed E-state index contributed by atoms with van der Waals surface area (Å²) >= 11 is 0. The van der Waals surface area contributed by atoms with E-state index >= 15 is 0 Å². The van der Waals surface area contributed by atoms with Crippen LogP contribution in [-0.2, 0) is 13.2 Å². The lowest BCUT2D eigenvalue weighted by atomic mass is 10.1. The van der Waals surface area contributed by atoms with Gasteiger partial charge in [-0.15, -0.1) is 0 Å². The molecule has 0 unspecified atom stereocenters. The van der Waals surface area contributed by atoms with Crippen molar-refractivity contribution >= 4 is 0 Å². The van der Waals surface area contributed by atoms with Gasteiger partial charge in [-0.3, -0.25) is 4.79 Å². The minimum atomic E-state index is -0.302. The first-order valence-corrected chi connectivity index (χ1v) is 7.50. The third-order valence-electron chi connectivity index (χ3n) is 3.25. The number of aromatic nitrogens is 2. The molecule has 5 heteroatoms. The van der Waals surface area contributed by atoms with E-state index in [9.17, 15) is 9.90 Å². The maximum absolute atomic E-state index is 12.0. The van der Waals surface area contributed by atoms with Crippen LogP contribution in [0.4, 0.5) is 0 Å². The summed E-state index contributed by atoms with van der Waals surface area (Å²) < 4.78 is 7.20. The molecule has 118 valence electrons. The lowest BCUT2D eigenvalue weighted by molar-refractivity contribution is 0.271. The van der Waals surface area contributed by atoms with Crippen molar-refractivity contribution in [1.82, 2.24) is 9.78 Å². The lowest BCUT2D eigenvalue weighted by Gasteiger charge is -2.14. The van der Waals surface area contributed by atoms with Gasteiger partial charge in [0, 0.05) is 17.7 Å². The van der Waals surface area contributed by atoms with E-state index in [0.29, 0.717) is 30.3 Å². The van der Waals surface area contributed by atoms with Gasteiger partial charge < -0.3 is 9.84 Å². The van der Waals surface area contributed by atoms with Gasteiger partial charge in [-0.1, -0.05) is 26.0 Å². The van der Waals surface area contributed by atoms with Gasteiger partial charge in [-0.05, 0) is 31.0 Å². The van der Waals surface area contributed by atoms with Crippen molar-refractivity contribution in [3.05, 3.63) is 46.2 Å². The van der Waals surface area contributed by atoms with Crippen molar-refractivity contribution < 1.29 is 9.84 Å². The normalized spacial score (nSPS) is 11.0.